The van der Waals surface area contributed by atoms with Gasteiger partial charge in [-0.3, -0.25) is 9.32 Å². The highest BCUT2D eigenvalue weighted by molar-refractivity contribution is 7.46. The zero-order chi connectivity index (χ0) is 12.7. The van der Waals surface area contributed by atoms with E-state index >= 15 is 0 Å². The quantitative estimate of drug-likeness (QED) is 0.275. The number of Topliss-reactive ketones (excluding diaryl/α,β-unsaturated/α-hetero) is 1. The van der Waals surface area contributed by atoms with Crippen molar-refractivity contribution in [3.8, 4) is 0 Å². The van der Waals surface area contributed by atoms with Crippen molar-refractivity contribution in [2.24, 2.45) is 0 Å². The number of phosphoric ester groups is 1. The number of carbonyl (C=O) groups excluding carboxylic acids is 1. The van der Waals surface area contributed by atoms with E-state index in [2.05, 4.69) is 4.52 Å². The van der Waals surface area contributed by atoms with Gasteiger partial charge in [0.25, 0.3) is 0 Å². The lowest BCUT2D eigenvalue weighted by molar-refractivity contribution is -0.183. The van der Waals surface area contributed by atoms with Crippen LogP contribution in [0.4, 0.5) is 0 Å². The molecule has 1 aliphatic rings. The van der Waals surface area contributed by atoms with Crippen LogP contribution in [0.15, 0.2) is 0 Å². The third-order valence-corrected chi connectivity index (χ3v) is 2.66. The van der Waals surface area contributed by atoms with E-state index in [1.165, 1.54) is 0 Å². The Kier molecular flexibility index (Phi) is 3.83. The van der Waals surface area contributed by atoms with Crippen LogP contribution in [0.3, 0.4) is 0 Å². The lowest BCUT2D eigenvalue weighted by Crippen LogP contribution is -2.62. The molecule has 1 saturated carbocycles. The SMILES string of the molecule is O=C1[C@@H](O)[C@H](O)[C@@H](O)[C@H](O)[C@H]1OP(=O)(O)O. The summed E-state index contributed by atoms with van der Waals surface area (Å²) in [5, 5.41) is 36.6. The van der Waals surface area contributed by atoms with Gasteiger partial charge in [0.2, 0.25) is 0 Å². The fourth-order valence-corrected chi connectivity index (χ4v) is 1.86. The van der Waals surface area contributed by atoms with Crippen LogP contribution in [0.5, 0.6) is 0 Å². The normalized spacial score (nSPS) is 41.1. The first-order valence-electron chi connectivity index (χ1n) is 4.15. The molecule has 9 nitrogen and oxygen atoms in total. The molecule has 16 heavy (non-hydrogen) atoms. The number of hydrogen-bond donors (Lipinski definition) is 6. The van der Waals surface area contributed by atoms with E-state index in [4.69, 9.17) is 25.1 Å². The average Bonchev–Trinajstić information content (AvgIpc) is 2.17. The van der Waals surface area contributed by atoms with Gasteiger partial charge in [-0.2, -0.15) is 0 Å². The molecule has 0 aliphatic heterocycles. The topological polar surface area (TPSA) is 165 Å². The molecule has 0 heterocycles. The summed E-state index contributed by atoms with van der Waals surface area (Å²) in [6, 6.07) is 0. The highest BCUT2D eigenvalue weighted by atomic mass is 31.2. The van der Waals surface area contributed by atoms with Gasteiger partial charge < -0.3 is 30.2 Å². The summed E-state index contributed by atoms with van der Waals surface area (Å²) in [4.78, 5) is 28.1. The number of aliphatic hydroxyl groups is 4. The number of rotatable bonds is 2. The molecular weight excluding hydrogens is 247 g/mol. The fraction of sp³-hybridized carbons (Fsp3) is 0.833. The van der Waals surface area contributed by atoms with Crippen LogP contribution >= 0.6 is 7.82 Å². The van der Waals surface area contributed by atoms with Crippen LogP contribution < -0.4 is 0 Å². The maximum Gasteiger partial charge on any atom is 0.470 e. The van der Waals surface area contributed by atoms with Crippen LogP contribution in [0.25, 0.3) is 0 Å². The van der Waals surface area contributed by atoms with Gasteiger partial charge in [-0.05, 0) is 0 Å². The highest BCUT2D eigenvalue weighted by Gasteiger charge is 2.50. The smallest absolute Gasteiger partial charge is 0.387 e. The van der Waals surface area contributed by atoms with Gasteiger partial charge in [0.05, 0.1) is 0 Å². The second-order valence-electron chi connectivity index (χ2n) is 3.34. The molecule has 0 bridgehead atoms. The number of ketones is 1. The van der Waals surface area contributed by atoms with E-state index in [9.17, 15) is 14.5 Å². The molecule has 0 amide bonds. The maximum atomic E-state index is 11.2. The molecule has 6 N–H and O–H groups in total. The van der Waals surface area contributed by atoms with Gasteiger partial charge in [0, 0.05) is 0 Å². The van der Waals surface area contributed by atoms with Gasteiger partial charge in [-0.15, -0.1) is 0 Å². The molecule has 0 radical (unpaired) electrons. The summed E-state index contributed by atoms with van der Waals surface area (Å²) in [5.74, 6) is -1.31. The number of hydrogen-bond acceptors (Lipinski definition) is 7. The van der Waals surface area contributed by atoms with Crippen molar-refractivity contribution in [1.82, 2.24) is 0 Å². The van der Waals surface area contributed by atoms with Crippen molar-refractivity contribution in [1.29, 1.82) is 0 Å². The Morgan fingerprint density at radius 3 is 1.94 bits per heavy atom. The van der Waals surface area contributed by atoms with Crippen molar-refractivity contribution in [2.75, 3.05) is 0 Å². The Balaban J connectivity index is 2.91. The summed E-state index contributed by atoms with van der Waals surface area (Å²) in [5.41, 5.74) is 0. The minimum Gasteiger partial charge on any atom is -0.387 e. The largest absolute Gasteiger partial charge is 0.470 e. The predicted octanol–water partition coefficient (Wildman–Crippen LogP) is -3.51. The molecule has 5 atom stereocenters. The molecule has 1 fully saturated rings. The first-order valence-corrected chi connectivity index (χ1v) is 5.68. The molecule has 0 unspecified atom stereocenters. The third kappa shape index (κ3) is 2.65. The first kappa shape index (κ1) is 13.7. The third-order valence-electron chi connectivity index (χ3n) is 2.16. The van der Waals surface area contributed by atoms with Crippen LogP contribution in [0.2, 0.25) is 0 Å². The standard InChI is InChI=1S/C6H11O9P/c7-1-2(8)4(10)6(5(11)3(1)9)15-16(12,13)14/h1-4,6-10H,(H2,12,13,14)/t1-,2-,3+,4+,6-/m1/s1. The predicted molar refractivity (Wildman–Crippen MR) is 46.0 cm³/mol. The van der Waals surface area contributed by atoms with Crippen LogP contribution in [-0.4, -0.2) is 66.5 Å². The van der Waals surface area contributed by atoms with Gasteiger partial charge in [-0.1, -0.05) is 0 Å². The summed E-state index contributed by atoms with van der Waals surface area (Å²) < 4.78 is 14.4. The van der Waals surface area contributed by atoms with Crippen LogP contribution in [0, 0.1) is 0 Å². The Labute approximate surface area is 89.1 Å². The van der Waals surface area contributed by atoms with Crippen molar-refractivity contribution >= 4 is 13.6 Å². The van der Waals surface area contributed by atoms with E-state index in [0.29, 0.717) is 0 Å². The summed E-state index contributed by atoms with van der Waals surface area (Å²) in [6.45, 7) is 0. The molecule has 0 aromatic heterocycles. The molecule has 0 spiro atoms. The first-order chi connectivity index (χ1) is 7.15. The van der Waals surface area contributed by atoms with Crippen LogP contribution in [0.1, 0.15) is 0 Å². The molecule has 1 rings (SSSR count). The minimum atomic E-state index is -5.07. The Hall–Kier alpha value is -0.380. The fourth-order valence-electron chi connectivity index (χ4n) is 1.34. The molecule has 1 aliphatic carbocycles. The Bertz CT molecular complexity index is 324. The molecular formula is C6H11O9P. The minimum absolute atomic E-state index is 1.31. The lowest BCUT2D eigenvalue weighted by atomic mass is 9.86. The summed E-state index contributed by atoms with van der Waals surface area (Å²) >= 11 is 0. The highest BCUT2D eigenvalue weighted by Crippen LogP contribution is 2.40. The van der Waals surface area contributed by atoms with E-state index in [1.807, 2.05) is 0 Å². The number of carbonyl (C=O) groups is 1. The van der Waals surface area contributed by atoms with Crippen LogP contribution in [-0.2, 0) is 13.9 Å². The van der Waals surface area contributed by atoms with Gasteiger partial charge >= 0.3 is 7.82 Å². The molecule has 0 aromatic carbocycles. The van der Waals surface area contributed by atoms with Gasteiger partial charge in [0.15, 0.2) is 11.9 Å². The molecule has 0 aromatic rings. The Morgan fingerprint density at radius 1 is 1.00 bits per heavy atom. The maximum absolute atomic E-state index is 11.2. The van der Waals surface area contributed by atoms with Crippen molar-refractivity contribution in [3.63, 3.8) is 0 Å². The summed E-state index contributed by atoms with van der Waals surface area (Å²) in [6.07, 6.45) is -10.1. The Morgan fingerprint density at radius 2 is 1.50 bits per heavy atom. The van der Waals surface area contributed by atoms with Crippen molar-refractivity contribution in [2.45, 2.75) is 30.5 Å². The summed E-state index contributed by atoms with van der Waals surface area (Å²) in [7, 11) is -5.07. The second kappa shape index (κ2) is 4.47. The van der Waals surface area contributed by atoms with E-state index < -0.39 is 44.1 Å². The van der Waals surface area contributed by atoms with E-state index in [0.717, 1.165) is 0 Å². The van der Waals surface area contributed by atoms with Gasteiger partial charge in [0.1, 0.15) is 24.4 Å². The zero-order valence-electron chi connectivity index (χ0n) is 7.74. The number of aliphatic hydroxyl groups excluding tert-OH is 4. The number of phosphoric acid groups is 1. The van der Waals surface area contributed by atoms with Gasteiger partial charge in [-0.25, -0.2) is 4.57 Å². The molecule has 94 valence electrons. The zero-order valence-corrected chi connectivity index (χ0v) is 8.64. The lowest BCUT2D eigenvalue weighted by Gasteiger charge is -2.36. The average molecular weight is 258 g/mol. The second-order valence-corrected chi connectivity index (χ2v) is 4.53. The van der Waals surface area contributed by atoms with E-state index in [-0.39, 0.29) is 0 Å². The van der Waals surface area contributed by atoms with Crippen molar-refractivity contribution in [3.05, 3.63) is 0 Å². The van der Waals surface area contributed by atoms with Crippen molar-refractivity contribution < 1.29 is 44.1 Å². The van der Waals surface area contributed by atoms with E-state index in [1.54, 1.807) is 0 Å². The molecule has 0 saturated heterocycles. The monoisotopic (exact) mass is 258 g/mol. The molecule has 10 heteroatoms.